The maximum atomic E-state index is 11.9. The molecule has 0 aliphatic carbocycles. The molecule has 0 aromatic carbocycles. The van der Waals surface area contributed by atoms with Crippen molar-refractivity contribution in [2.24, 2.45) is 5.73 Å². The summed E-state index contributed by atoms with van der Waals surface area (Å²) in [5.74, 6) is 0.175. The van der Waals surface area contributed by atoms with E-state index in [0.717, 1.165) is 12.8 Å². The second-order valence-electron chi connectivity index (χ2n) is 3.54. The number of hydrogen-bond acceptors (Lipinski definition) is 5. The number of aromatic nitrogens is 3. The predicted molar refractivity (Wildman–Crippen MR) is 56.7 cm³/mol. The third kappa shape index (κ3) is 2.27. The molecule has 1 aromatic rings. The lowest BCUT2D eigenvalue weighted by Crippen LogP contribution is -2.12. The summed E-state index contributed by atoms with van der Waals surface area (Å²) in [6.07, 6.45) is 5.22. The van der Waals surface area contributed by atoms with Crippen LogP contribution in [0.3, 0.4) is 0 Å². The highest BCUT2D eigenvalue weighted by atomic mass is 16.5. The number of allylic oxidation sites excluding steroid dienone is 2. The number of ketones is 1. The van der Waals surface area contributed by atoms with E-state index in [9.17, 15) is 4.79 Å². The van der Waals surface area contributed by atoms with E-state index >= 15 is 0 Å². The summed E-state index contributed by atoms with van der Waals surface area (Å²) in [7, 11) is 0. The first-order valence-corrected chi connectivity index (χ1v) is 5.29. The van der Waals surface area contributed by atoms with Crippen LogP contribution in [0.2, 0.25) is 0 Å². The molecule has 2 N–H and O–H groups in total. The number of carbonyl (C=O) groups is 1. The molecule has 0 spiro atoms. The number of rotatable bonds is 4. The lowest BCUT2D eigenvalue weighted by Gasteiger charge is -2.12. The van der Waals surface area contributed by atoms with Crippen molar-refractivity contribution >= 4 is 5.78 Å². The van der Waals surface area contributed by atoms with Crippen molar-refractivity contribution in [1.82, 2.24) is 15.0 Å². The van der Waals surface area contributed by atoms with Gasteiger partial charge < -0.3 is 10.5 Å². The van der Waals surface area contributed by atoms with Crippen molar-refractivity contribution in [3.8, 4) is 0 Å². The summed E-state index contributed by atoms with van der Waals surface area (Å²) in [5, 5.41) is 7.60. The van der Waals surface area contributed by atoms with Crippen LogP contribution in [0.5, 0.6) is 0 Å². The minimum absolute atomic E-state index is 0.206. The van der Waals surface area contributed by atoms with Gasteiger partial charge in [-0.1, -0.05) is 5.21 Å². The summed E-state index contributed by atoms with van der Waals surface area (Å²) in [5.41, 5.74) is 5.69. The third-order valence-corrected chi connectivity index (χ3v) is 2.29. The van der Waals surface area contributed by atoms with E-state index in [1.165, 1.54) is 0 Å². The fraction of sp³-hybridized carbons (Fsp3) is 0.500. The molecule has 0 saturated heterocycles. The van der Waals surface area contributed by atoms with Gasteiger partial charge in [0.05, 0.1) is 19.3 Å². The molecule has 16 heavy (non-hydrogen) atoms. The van der Waals surface area contributed by atoms with Crippen LogP contribution in [0.25, 0.3) is 0 Å². The number of nitrogens with two attached hydrogens (primary N) is 1. The lowest BCUT2D eigenvalue weighted by atomic mass is 10.2. The van der Waals surface area contributed by atoms with Crippen LogP contribution in [0.15, 0.2) is 18.0 Å². The van der Waals surface area contributed by atoms with E-state index < -0.39 is 0 Å². The molecular formula is C10H14N4O2. The highest BCUT2D eigenvalue weighted by Gasteiger charge is 2.19. The molecule has 0 fully saturated rings. The first-order chi connectivity index (χ1) is 7.81. The fourth-order valence-corrected chi connectivity index (χ4v) is 1.49. The zero-order valence-corrected chi connectivity index (χ0v) is 8.93. The zero-order chi connectivity index (χ0) is 11.4. The number of nitrogens with zero attached hydrogens (tertiary/aromatic N) is 3. The second kappa shape index (κ2) is 4.89. The average Bonchev–Trinajstić information content (AvgIpc) is 2.78. The van der Waals surface area contributed by atoms with Crippen LogP contribution in [0.1, 0.15) is 23.3 Å². The summed E-state index contributed by atoms with van der Waals surface area (Å²) < 4.78 is 6.83. The third-order valence-electron chi connectivity index (χ3n) is 2.29. The van der Waals surface area contributed by atoms with Gasteiger partial charge in [-0.05, 0) is 18.9 Å². The van der Waals surface area contributed by atoms with Gasteiger partial charge in [0, 0.05) is 6.54 Å². The molecule has 0 amide bonds. The molecule has 86 valence electrons. The summed E-state index contributed by atoms with van der Waals surface area (Å²) in [4.78, 5) is 11.9. The van der Waals surface area contributed by atoms with Gasteiger partial charge in [-0.15, -0.1) is 5.10 Å². The SMILES string of the molecule is NCCn1cc(C(=O)C2=CCCCO2)nn1. The largest absolute Gasteiger partial charge is 0.490 e. The maximum Gasteiger partial charge on any atom is 0.249 e. The van der Waals surface area contributed by atoms with Crippen molar-refractivity contribution in [2.75, 3.05) is 13.2 Å². The Morgan fingerprint density at radius 2 is 2.50 bits per heavy atom. The normalized spacial score (nSPS) is 15.4. The van der Waals surface area contributed by atoms with Gasteiger partial charge in [-0.3, -0.25) is 9.48 Å². The Hall–Kier alpha value is -1.69. The van der Waals surface area contributed by atoms with Gasteiger partial charge in [0.2, 0.25) is 5.78 Å². The highest BCUT2D eigenvalue weighted by Crippen LogP contribution is 2.14. The highest BCUT2D eigenvalue weighted by molar-refractivity contribution is 6.05. The van der Waals surface area contributed by atoms with Crippen LogP contribution in [0, 0.1) is 0 Å². The maximum absolute atomic E-state index is 11.9. The van der Waals surface area contributed by atoms with Gasteiger partial charge in [-0.2, -0.15) is 0 Å². The topological polar surface area (TPSA) is 83.0 Å². The van der Waals surface area contributed by atoms with Crippen LogP contribution in [-0.2, 0) is 11.3 Å². The number of carbonyl (C=O) groups excluding carboxylic acids is 1. The molecule has 2 rings (SSSR count). The monoisotopic (exact) mass is 222 g/mol. The quantitative estimate of drug-likeness (QED) is 0.731. The van der Waals surface area contributed by atoms with Gasteiger partial charge in [0.15, 0.2) is 11.5 Å². The van der Waals surface area contributed by atoms with Gasteiger partial charge in [0.25, 0.3) is 0 Å². The smallest absolute Gasteiger partial charge is 0.249 e. The molecule has 0 saturated carbocycles. The van der Waals surface area contributed by atoms with E-state index in [-0.39, 0.29) is 5.78 Å². The molecular weight excluding hydrogens is 208 g/mol. The molecule has 1 aliphatic rings. The standard InChI is InChI=1S/C10H14N4O2/c11-4-5-14-7-8(12-13-14)10(15)9-3-1-2-6-16-9/h3,7H,1-2,4-6,11H2. The molecule has 0 atom stereocenters. The Kier molecular flexibility index (Phi) is 3.31. The van der Waals surface area contributed by atoms with E-state index in [0.29, 0.717) is 31.1 Å². The number of ether oxygens (including phenoxy) is 1. The van der Waals surface area contributed by atoms with Crippen molar-refractivity contribution in [1.29, 1.82) is 0 Å². The second-order valence-corrected chi connectivity index (χ2v) is 3.54. The summed E-state index contributed by atoms with van der Waals surface area (Å²) in [6.45, 7) is 1.62. The Morgan fingerprint density at radius 3 is 3.19 bits per heavy atom. The molecule has 1 aromatic heterocycles. The molecule has 0 unspecified atom stereocenters. The zero-order valence-electron chi connectivity index (χ0n) is 8.93. The Morgan fingerprint density at radius 1 is 1.62 bits per heavy atom. The van der Waals surface area contributed by atoms with Crippen molar-refractivity contribution in [3.05, 3.63) is 23.7 Å². The Balaban J connectivity index is 2.10. The summed E-state index contributed by atoms with van der Waals surface area (Å²) >= 11 is 0. The molecule has 1 aliphatic heterocycles. The minimum Gasteiger partial charge on any atom is -0.490 e. The molecule has 6 heteroatoms. The lowest BCUT2D eigenvalue weighted by molar-refractivity contribution is 0.0894. The van der Waals surface area contributed by atoms with Crippen molar-refractivity contribution in [2.45, 2.75) is 19.4 Å². The van der Waals surface area contributed by atoms with Crippen molar-refractivity contribution < 1.29 is 9.53 Å². The molecule has 2 heterocycles. The Bertz CT molecular complexity index is 411. The van der Waals surface area contributed by atoms with Crippen LogP contribution in [-0.4, -0.2) is 33.9 Å². The van der Waals surface area contributed by atoms with E-state index in [4.69, 9.17) is 10.5 Å². The fourth-order valence-electron chi connectivity index (χ4n) is 1.49. The average molecular weight is 222 g/mol. The minimum atomic E-state index is -0.206. The van der Waals surface area contributed by atoms with Gasteiger partial charge >= 0.3 is 0 Å². The van der Waals surface area contributed by atoms with Crippen LogP contribution < -0.4 is 5.73 Å². The van der Waals surface area contributed by atoms with Crippen LogP contribution >= 0.6 is 0 Å². The van der Waals surface area contributed by atoms with Gasteiger partial charge in [0.1, 0.15) is 0 Å². The van der Waals surface area contributed by atoms with E-state index in [1.807, 2.05) is 0 Å². The van der Waals surface area contributed by atoms with E-state index in [1.54, 1.807) is 17.0 Å². The molecule has 0 radical (unpaired) electrons. The van der Waals surface area contributed by atoms with Crippen molar-refractivity contribution in [3.63, 3.8) is 0 Å². The first kappa shape index (κ1) is 10.8. The Labute approximate surface area is 93.1 Å². The molecule has 6 nitrogen and oxygen atoms in total. The van der Waals surface area contributed by atoms with E-state index in [2.05, 4.69) is 10.3 Å². The first-order valence-electron chi connectivity index (χ1n) is 5.29. The predicted octanol–water partition coefficient (Wildman–Crippen LogP) is 0.114. The number of Topliss-reactive ketones (excluding diaryl/α,β-unsaturated/α-hetero) is 1. The van der Waals surface area contributed by atoms with Gasteiger partial charge in [-0.25, -0.2) is 0 Å². The number of hydrogen-bond donors (Lipinski definition) is 1. The van der Waals surface area contributed by atoms with Crippen LogP contribution in [0.4, 0.5) is 0 Å². The summed E-state index contributed by atoms with van der Waals surface area (Å²) in [6, 6.07) is 0. The molecule has 0 bridgehead atoms.